The summed E-state index contributed by atoms with van der Waals surface area (Å²) in [6, 6.07) is 0.575. The van der Waals surface area contributed by atoms with Crippen LogP contribution in [0.4, 0.5) is 0 Å². The van der Waals surface area contributed by atoms with E-state index in [0.29, 0.717) is 6.04 Å². The SMILES string of the molecule is C1=C\C=C/C=C(NNC2CCCCCCCC2)\C=C/C=C/C=C1. The summed E-state index contributed by atoms with van der Waals surface area (Å²) < 4.78 is 0. The highest BCUT2D eigenvalue weighted by Gasteiger charge is 2.09. The molecule has 0 aromatic rings. The van der Waals surface area contributed by atoms with Crippen molar-refractivity contribution in [2.75, 3.05) is 0 Å². The molecule has 0 aliphatic heterocycles. The van der Waals surface area contributed by atoms with Gasteiger partial charge in [-0.3, -0.25) is 0 Å². The first-order valence-electron chi connectivity index (χ1n) is 9.02. The molecule has 0 bridgehead atoms. The van der Waals surface area contributed by atoms with Crippen LogP contribution in [0.25, 0.3) is 0 Å². The van der Waals surface area contributed by atoms with Crippen LogP contribution in [-0.2, 0) is 0 Å². The Hall–Kier alpha value is -1.80. The Bertz CT molecular complexity index is 482. The fraction of sp³-hybridized carbons (Fsp3) is 0.429. The lowest BCUT2D eigenvalue weighted by atomic mass is 10.1. The lowest BCUT2D eigenvalue weighted by Gasteiger charge is -2.19. The number of allylic oxidation sites excluding steroid dienone is 11. The van der Waals surface area contributed by atoms with Crippen LogP contribution in [0.3, 0.4) is 0 Å². The molecule has 23 heavy (non-hydrogen) atoms. The van der Waals surface area contributed by atoms with Gasteiger partial charge in [0.2, 0.25) is 0 Å². The van der Waals surface area contributed by atoms with Crippen molar-refractivity contribution >= 4 is 0 Å². The summed E-state index contributed by atoms with van der Waals surface area (Å²) >= 11 is 0. The molecular weight excluding hydrogens is 280 g/mol. The van der Waals surface area contributed by atoms with Crippen molar-refractivity contribution in [3.8, 4) is 0 Å². The first-order chi connectivity index (χ1) is 11.4. The molecule has 0 heterocycles. The molecule has 0 saturated heterocycles. The van der Waals surface area contributed by atoms with Crippen molar-refractivity contribution in [2.45, 2.75) is 57.4 Å². The zero-order chi connectivity index (χ0) is 16.0. The van der Waals surface area contributed by atoms with Crippen LogP contribution in [0, 0.1) is 0 Å². The van der Waals surface area contributed by atoms with E-state index in [2.05, 4.69) is 35.2 Å². The summed E-state index contributed by atoms with van der Waals surface area (Å²) in [5.41, 5.74) is 8.04. The number of hydrazine groups is 1. The van der Waals surface area contributed by atoms with Gasteiger partial charge in [-0.05, 0) is 25.0 Å². The number of nitrogens with one attached hydrogen (secondary N) is 2. The summed E-state index contributed by atoms with van der Waals surface area (Å²) in [6.45, 7) is 0. The predicted molar refractivity (Wildman–Crippen MR) is 101 cm³/mol. The third-order valence-electron chi connectivity index (χ3n) is 4.22. The quantitative estimate of drug-likeness (QED) is 0.695. The normalized spacial score (nSPS) is 27.2. The minimum Gasteiger partial charge on any atom is -0.321 e. The number of rotatable bonds is 3. The average molecular weight is 310 g/mol. The van der Waals surface area contributed by atoms with Crippen molar-refractivity contribution < 1.29 is 0 Å². The van der Waals surface area contributed by atoms with Crippen LogP contribution in [0.1, 0.15) is 51.4 Å². The van der Waals surface area contributed by atoms with Gasteiger partial charge in [-0.1, -0.05) is 93.2 Å². The van der Waals surface area contributed by atoms with Crippen molar-refractivity contribution in [1.29, 1.82) is 0 Å². The largest absolute Gasteiger partial charge is 0.321 e. The average Bonchev–Trinajstić information content (AvgIpc) is 2.68. The molecule has 2 nitrogen and oxygen atoms in total. The second-order valence-corrected chi connectivity index (χ2v) is 6.19. The van der Waals surface area contributed by atoms with E-state index >= 15 is 0 Å². The first-order valence-corrected chi connectivity index (χ1v) is 9.02. The molecule has 0 atom stereocenters. The van der Waals surface area contributed by atoms with Gasteiger partial charge in [0.05, 0.1) is 0 Å². The van der Waals surface area contributed by atoms with Gasteiger partial charge in [-0.15, -0.1) is 0 Å². The van der Waals surface area contributed by atoms with Gasteiger partial charge < -0.3 is 5.43 Å². The number of hydrogen-bond donors (Lipinski definition) is 2. The highest BCUT2D eigenvalue weighted by Crippen LogP contribution is 2.16. The summed E-state index contributed by atoms with van der Waals surface area (Å²) in [6.07, 6.45) is 33.4. The van der Waals surface area contributed by atoms with Gasteiger partial charge in [-0.25, -0.2) is 5.43 Å². The van der Waals surface area contributed by atoms with Gasteiger partial charge in [-0.2, -0.15) is 0 Å². The summed E-state index contributed by atoms with van der Waals surface area (Å²) in [5, 5.41) is 0. The molecule has 0 spiro atoms. The van der Waals surface area contributed by atoms with E-state index in [1.807, 2.05) is 42.5 Å². The first kappa shape index (κ1) is 17.6. The van der Waals surface area contributed by atoms with Crippen molar-refractivity contribution in [3.63, 3.8) is 0 Å². The lowest BCUT2D eigenvalue weighted by Crippen LogP contribution is -2.39. The fourth-order valence-electron chi connectivity index (χ4n) is 2.87. The smallest absolute Gasteiger partial charge is 0.0487 e. The van der Waals surface area contributed by atoms with E-state index in [1.54, 1.807) is 0 Å². The molecule has 124 valence electrons. The van der Waals surface area contributed by atoms with Crippen molar-refractivity contribution in [1.82, 2.24) is 10.9 Å². The van der Waals surface area contributed by atoms with Crippen LogP contribution in [0.2, 0.25) is 0 Å². The van der Waals surface area contributed by atoms with Gasteiger partial charge in [0.15, 0.2) is 0 Å². The van der Waals surface area contributed by atoms with E-state index in [9.17, 15) is 0 Å². The van der Waals surface area contributed by atoms with E-state index in [1.165, 1.54) is 51.4 Å². The molecule has 2 heteroatoms. The maximum atomic E-state index is 3.54. The second kappa shape index (κ2) is 11.7. The van der Waals surface area contributed by atoms with Gasteiger partial charge in [0, 0.05) is 11.7 Å². The van der Waals surface area contributed by atoms with Gasteiger partial charge in [0.25, 0.3) is 0 Å². The highest BCUT2D eigenvalue weighted by molar-refractivity contribution is 5.28. The Morgan fingerprint density at radius 2 is 1.13 bits per heavy atom. The van der Waals surface area contributed by atoms with Crippen LogP contribution < -0.4 is 10.9 Å². The molecule has 2 rings (SSSR count). The van der Waals surface area contributed by atoms with Crippen LogP contribution in [0.15, 0.2) is 72.5 Å². The van der Waals surface area contributed by atoms with E-state index in [-0.39, 0.29) is 0 Å². The Morgan fingerprint density at radius 1 is 0.609 bits per heavy atom. The maximum absolute atomic E-state index is 3.54. The van der Waals surface area contributed by atoms with Gasteiger partial charge >= 0.3 is 0 Å². The van der Waals surface area contributed by atoms with Crippen LogP contribution >= 0.6 is 0 Å². The molecule has 2 aliphatic rings. The molecule has 2 N–H and O–H groups in total. The third kappa shape index (κ3) is 8.41. The van der Waals surface area contributed by atoms with Crippen molar-refractivity contribution in [3.05, 3.63) is 72.5 Å². The molecule has 0 aromatic carbocycles. The monoisotopic (exact) mass is 310 g/mol. The molecular formula is C21H30N2. The Balaban J connectivity index is 1.89. The molecule has 0 aromatic heterocycles. The fourth-order valence-corrected chi connectivity index (χ4v) is 2.87. The highest BCUT2D eigenvalue weighted by atomic mass is 15.4. The molecule has 0 unspecified atom stereocenters. The van der Waals surface area contributed by atoms with E-state index in [0.717, 1.165) is 5.70 Å². The standard InChI is InChI=1S/C21H30N2/c1-2-4-8-12-16-20(17-13-9-5-3-1)22-23-21-18-14-10-6-7-11-15-19-21/h1-5,8-9,12-13,16-17,21-23H,6-7,10-11,14-15,18-19H2/b2-1?,3-1?,4-2?,5-3?,8-4+,9-5?,12-8?,13-9-,16-12-,17-13?,20-16?,20-17+. The topological polar surface area (TPSA) is 24.1 Å². The maximum Gasteiger partial charge on any atom is 0.0487 e. The Kier molecular flexibility index (Phi) is 8.95. The zero-order valence-corrected chi connectivity index (χ0v) is 14.1. The lowest BCUT2D eigenvalue weighted by molar-refractivity contribution is 0.402. The number of hydrogen-bond acceptors (Lipinski definition) is 2. The van der Waals surface area contributed by atoms with Crippen LogP contribution in [0.5, 0.6) is 0 Å². The molecule has 1 saturated carbocycles. The van der Waals surface area contributed by atoms with E-state index in [4.69, 9.17) is 0 Å². The van der Waals surface area contributed by atoms with Gasteiger partial charge in [0.1, 0.15) is 0 Å². The minimum absolute atomic E-state index is 0.575. The predicted octanol–water partition coefficient (Wildman–Crippen LogP) is 5.26. The Morgan fingerprint density at radius 3 is 1.78 bits per heavy atom. The zero-order valence-electron chi connectivity index (χ0n) is 14.1. The summed E-state index contributed by atoms with van der Waals surface area (Å²) in [7, 11) is 0. The van der Waals surface area contributed by atoms with Crippen LogP contribution in [-0.4, -0.2) is 6.04 Å². The molecule has 0 radical (unpaired) electrons. The van der Waals surface area contributed by atoms with E-state index < -0.39 is 0 Å². The Labute approximate surface area is 141 Å². The summed E-state index contributed by atoms with van der Waals surface area (Å²) in [4.78, 5) is 0. The van der Waals surface area contributed by atoms with Crippen molar-refractivity contribution in [2.24, 2.45) is 0 Å². The summed E-state index contributed by atoms with van der Waals surface area (Å²) in [5.74, 6) is 0. The molecule has 1 fully saturated rings. The minimum atomic E-state index is 0.575. The second-order valence-electron chi connectivity index (χ2n) is 6.19. The third-order valence-corrected chi connectivity index (χ3v) is 4.22. The molecule has 0 amide bonds. The molecule has 2 aliphatic carbocycles.